The summed E-state index contributed by atoms with van der Waals surface area (Å²) in [5.41, 5.74) is 1.81. The first-order valence-corrected chi connectivity index (χ1v) is 6.25. The minimum atomic E-state index is -0.321. The maximum absolute atomic E-state index is 13.1. The molecule has 0 spiro atoms. The normalized spacial score (nSPS) is 10.4. The number of ether oxygens (including phenoxy) is 1. The van der Waals surface area contributed by atoms with Gasteiger partial charge in [-0.05, 0) is 40.1 Å². The van der Waals surface area contributed by atoms with Crippen LogP contribution in [0.4, 0.5) is 4.39 Å². The molecule has 0 fully saturated rings. The molecule has 16 heavy (non-hydrogen) atoms. The summed E-state index contributed by atoms with van der Waals surface area (Å²) in [6.45, 7) is 0.453. The van der Waals surface area contributed by atoms with Crippen LogP contribution in [0.25, 0.3) is 0 Å². The molecule has 0 saturated heterocycles. The Bertz CT molecular complexity index is 456. The molecule has 1 heterocycles. The summed E-state index contributed by atoms with van der Waals surface area (Å²) in [5.74, 6) is 0.479. The molecule has 0 unspecified atom stereocenters. The van der Waals surface area contributed by atoms with Gasteiger partial charge in [-0.1, -0.05) is 0 Å². The molecule has 0 amide bonds. The number of thiophene rings is 1. The molecule has 0 aliphatic rings. The van der Waals surface area contributed by atoms with E-state index in [2.05, 4.69) is 0 Å². The molecule has 0 saturated carbocycles. The minimum absolute atomic E-state index is 0.284. The second-order valence-corrected chi connectivity index (χ2v) is 4.40. The van der Waals surface area contributed by atoms with Gasteiger partial charge >= 0.3 is 0 Å². The van der Waals surface area contributed by atoms with Crippen molar-refractivity contribution in [2.24, 2.45) is 0 Å². The molecule has 2 rings (SSSR count). The van der Waals surface area contributed by atoms with Gasteiger partial charge in [0.1, 0.15) is 18.2 Å². The lowest BCUT2D eigenvalue weighted by Crippen LogP contribution is -1.95. The van der Waals surface area contributed by atoms with Crippen LogP contribution in [-0.4, -0.2) is 0 Å². The predicted molar refractivity (Wildman–Crippen MR) is 64.6 cm³/mol. The fourth-order valence-corrected chi connectivity index (χ4v) is 2.13. The highest BCUT2D eigenvalue weighted by atomic mass is 35.5. The van der Waals surface area contributed by atoms with E-state index < -0.39 is 0 Å². The first-order chi connectivity index (χ1) is 7.78. The summed E-state index contributed by atoms with van der Waals surface area (Å²) in [5, 5.41) is 3.98. The minimum Gasteiger partial charge on any atom is -0.489 e. The first kappa shape index (κ1) is 11.4. The Kier molecular flexibility index (Phi) is 3.80. The molecular weight excluding hydrogens is 247 g/mol. The van der Waals surface area contributed by atoms with Gasteiger partial charge in [-0.2, -0.15) is 11.3 Å². The molecule has 2 aromatic rings. The lowest BCUT2D eigenvalue weighted by Gasteiger charge is -2.06. The van der Waals surface area contributed by atoms with E-state index in [0.717, 1.165) is 11.1 Å². The molecule has 1 aromatic heterocycles. The molecule has 0 radical (unpaired) electrons. The van der Waals surface area contributed by atoms with Crippen LogP contribution in [0.1, 0.15) is 11.1 Å². The molecule has 0 N–H and O–H groups in total. The Labute approximate surface area is 102 Å². The summed E-state index contributed by atoms with van der Waals surface area (Å²) in [7, 11) is 0. The van der Waals surface area contributed by atoms with Gasteiger partial charge in [-0.3, -0.25) is 0 Å². The average molecular weight is 257 g/mol. The second-order valence-electron chi connectivity index (χ2n) is 3.35. The topological polar surface area (TPSA) is 9.23 Å². The highest BCUT2D eigenvalue weighted by Crippen LogP contribution is 2.19. The molecule has 0 aliphatic heterocycles. The third-order valence-corrected chi connectivity index (χ3v) is 3.11. The van der Waals surface area contributed by atoms with Crippen LogP contribution in [0.15, 0.2) is 35.0 Å². The molecule has 84 valence electrons. The zero-order chi connectivity index (χ0) is 11.4. The Morgan fingerprint density at radius 3 is 2.81 bits per heavy atom. The van der Waals surface area contributed by atoms with Crippen molar-refractivity contribution in [2.75, 3.05) is 0 Å². The molecule has 0 bridgehead atoms. The van der Waals surface area contributed by atoms with Crippen LogP contribution in [0.5, 0.6) is 5.75 Å². The molecule has 1 aromatic carbocycles. The predicted octanol–water partition coefficient (Wildman–Crippen LogP) is 4.21. The summed E-state index contributed by atoms with van der Waals surface area (Å²) in [6.07, 6.45) is 0. The molecule has 0 aliphatic carbocycles. The first-order valence-electron chi connectivity index (χ1n) is 4.77. The van der Waals surface area contributed by atoms with Crippen LogP contribution in [0.2, 0.25) is 0 Å². The van der Waals surface area contributed by atoms with E-state index in [0.29, 0.717) is 12.4 Å². The fraction of sp³-hybridized carbons (Fsp3) is 0.167. The fourth-order valence-electron chi connectivity index (χ4n) is 1.32. The standard InChI is InChI=1S/C12H10ClFOS/c13-6-10-3-11(14)5-12(4-10)15-7-9-1-2-16-8-9/h1-5,8H,6-7H2. The van der Waals surface area contributed by atoms with Gasteiger partial charge in [0.05, 0.1) is 0 Å². The van der Waals surface area contributed by atoms with Gasteiger partial charge in [-0.15, -0.1) is 11.6 Å². The van der Waals surface area contributed by atoms with Gasteiger partial charge in [-0.25, -0.2) is 4.39 Å². The van der Waals surface area contributed by atoms with Crippen molar-refractivity contribution < 1.29 is 9.13 Å². The van der Waals surface area contributed by atoms with Crippen molar-refractivity contribution in [3.05, 3.63) is 52.0 Å². The van der Waals surface area contributed by atoms with Crippen LogP contribution >= 0.6 is 22.9 Å². The summed E-state index contributed by atoms with van der Waals surface area (Å²) >= 11 is 7.26. The second kappa shape index (κ2) is 5.32. The smallest absolute Gasteiger partial charge is 0.127 e. The van der Waals surface area contributed by atoms with E-state index in [-0.39, 0.29) is 11.7 Å². The van der Waals surface area contributed by atoms with Gasteiger partial charge in [0, 0.05) is 11.9 Å². The number of alkyl halides is 1. The van der Waals surface area contributed by atoms with E-state index in [1.165, 1.54) is 12.1 Å². The Balaban J connectivity index is 2.06. The zero-order valence-electron chi connectivity index (χ0n) is 8.45. The quantitative estimate of drug-likeness (QED) is 0.745. The van der Waals surface area contributed by atoms with Gasteiger partial charge in [0.2, 0.25) is 0 Å². The summed E-state index contributed by atoms with van der Waals surface area (Å²) < 4.78 is 18.6. The Morgan fingerprint density at radius 1 is 1.25 bits per heavy atom. The number of hydrogen-bond acceptors (Lipinski definition) is 2. The summed E-state index contributed by atoms with van der Waals surface area (Å²) in [4.78, 5) is 0. The average Bonchev–Trinajstić information content (AvgIpc) is 2.78. The highest BCUT2D eigenvalue weighted by molar-refractivity contribution is 7.07. The maximum atomic E-state index is 13.1. The third-order valence-electron chi connectivity index (χ3n) is 2.07. The van der Waals surface area contributed by atoms with E-state index in [9.17, 15) is 4.39 Å². The Morgan fingerprint density at radius 2 is 2.12 bits per heavy atom. The van der Waals surface area contributed by atoms with Crippen LogP contribution in [-0.2, 0) is 12.5 Å². The molecule has 4 heteroatoms. The van der Waals surface area contributed by atoms with E-state index in [4.69, 9.17) is 16.3 Å². The largest absolute Gasteiger partial charge is 0.489 e. The lowest BCUT2D eigenvalue weighted by molar-refractivity contribution is 0.305. The van der Waals surface area contributed by atoms with E-state index in [1.54, 1.807) is 17.4 Å². The third kappa shape index (κ3) is 2.97. The van der Waals surface area contributed by atoms with Gasteiger partial charge in [0.25, 0.3) is 0 Å². The number of hydrogen-bond donors (Lipinski definition) is 0. The molecule has 0 atom stereocenters. The summed E-state index contributed by atoms with van der Waals surface area (Å²) in [6, 6.07) is 6.50. The monoisotopic (exact) mass is 256 g/mol. The van der Waals surface area contributed by atoms with Crippen molar-refractivity contribution in [1.82, 2.24) is 0 Å². The van der Waals surface area contributed by atoms with Crippen molar-refractivity contribution in [3.8, 4) is 5.75 Å². The highest BCUT2D eigenvalue weighted by Gasteiger charge is 2.02. The maximum Gasteiger partial charge on any atom is 0.127 e. The van der Waals surface area contributed by atoms with Crippen molar-refractivity contribution in [3.63, 3.8) is 0 Å². The number of halogens is 2. The SMILES string of the molecule is Fc1cc(CCl)cc(OCc2ccsc2)c1. The van der Waals surface area contributed by atoms with E-state index >= 15 is 0 Å². The van der Waals surface area contributed by atoms with Crippen molar-refractivity contribution in [2.45, 2.75) is 12.5 Å². The van der Waals surface area contributed by atoms with E-state index in [1.807, 2.05) is 16.8 Å². The van der Waals surface area contributed by atoms with Crippen LogP contribution in [0, 0.1) is 5.82 Å². The molecular formula is C12H10ClFOS. The zero-order valence-corrected chi connectivity index (χ0v) is 10.0. The lowest BCUT2D eigenvalue weighted by atomic mass is 10.2. The van der Waals surface area contributed by atoms with Crippen LogP contribution < -0.4 is 4.74 Å². The molecule has 1 nitrogen and oxygen atoms in total. The van der Waals surface area contributed by atoms with Crippen molar-refractivity contribution >= 4 is 22.9 Å². The van der Waals surface area contributed by atoms with Gasteiger partial charge in [0.15, 0.2) is 0 Å². The van der Waals surface area contributed by atoms with Crippen molar-refractivity contribution in [1.29, 1.82) is 0 Å². The number of benzene rings is 1. The number of rotatable bonds is 4. The van der Waals surface area contributed by atoms with Crippen LogP contribution in [0.3, 0.4) is 0 Å². The Hall–Kier alpha value is -1.06. The van der Waals surface area contributed by atoms with Gasteiger partial charge < -0.3 is 4.74 Å².